The maximum Gasteiger partial charge on any atom is 0.270 e. The number of aryl methyl sites for hydroxylation is 1. The molecular weight excluding hydrogens is 240 g/mol. The Bertz CT molecular complexity index is 550. The molecule has 0 aliphatic heterocycles. The molecule has 0 saturated heterocycles. The molecule has 0 bridgehead atoms. The van der Waals surface area contributed by atoms with Gasteiger partial charge >= 0.3 is 0 Å². The van der Waals surface area contributed by atoms with Crippen molar-refractivity contribution in [1.82, 2.24) is 19.9 Å². The van der Waals surface area contributed by atoms with Crippen LogP contribution in [0, 0.1) is 0 Å². The second-order valence-electron chi connectivity index (χ2n) is 4.48. The van der Waals surface area contributed by atoms with E-state index in [1.54, 1.807) is 18.1 Å². The van der Waals surface area contributed by atoms with Crippen LogP contribution in [-0.4, -0.2) is 32.8 Å². The second kappa shape index (κ2) is 5.65. The van der Waals surface area contributed by atoms with Crippen molar-refractivity contribution in [2.45, 2.75) is 26.3 Å². The first-order chi connectivity index (χ1) is 9.13. The normalized spacial score (nSPS) is 12.2. The lowest BCUT2D eigenvalue weighted by molar-refractivity contribution is 0.0734. The predicted molar refractivity (Wildman–Crippen MR) is 72.7 cm³/mol. The Kier molecular flexibility index (Phi) is 3.94. The number of hydrogen-bond acceptors (Lipinski definition) is 3. The summed E-state index contributed by atoms with van der Waals surface area (Å²) in [6, 6.07) is 5.49. The number of aromatic amines is 1. The van der Waals surface area contributed by atoms with E-state index in [1.165, 1.54) is 6.33 Å². The molecule has 1 N–H and O–H groups in total. The summed E-state index contributed by atoms with van der Waals surface area (Å²) in [7, 11) is 1.78. The average Bonchev–Trinajstić information content (AvgIpc) is 2.94. The maximum absolute atomic E-state index is 12.3. The van der Waals surface area contributed by atoms with E-state index in [4.69, 9.17) is 0 Å². The zero-order valence-electron chi connectivity index (χ0n) is 11.4. The number of amides is 1. The minimum absolute atomic E-state index is 0.0363. The van der Waals surface area contributed by atoms with Gasteiger partial charge in [-0.25, -0.2) is 9.97 Å². The van der Waals surface area contributed by atoms with E-state index in [2.05, 4.69) is 15.0 Å². The van der Waals surface area contributed by atoms with Gasteiger partial charge in [-0.1, -0.05) is 6.92 Å². The third-order valence-electron chi connectivity index (χ3n) is 3.29. The fourth-order valence-corrected chi connectivity index (χ4v) is 1.88. The van der Waals surface area contributed by atoms with Crippen LogP contribution in [0.1, 0.15) is 41.8 Å². The molecule has 19 heavy (non-hydrogen) atoms. The minimum Gasteiger partial charge on any atom is -0.354 e. The van der Waals surface area contributed by atoms with Crippen LogP contribution in [0.5, 0.6) is 0 Å². The van der Waals surface area contributed by atoms with Crippen molar-refractivity contribution in [3.05, 3.63) is 47.8 Å². The van der Waals surface area contributed by atoms with Crippen molar-refractivity contribution in [2.75, 3.05) is 7.05 Å². The molecule has 5 heteroatoms. The van der Waals surface area contributed by atoms with E-state index in [0.29, 0.717) is 5.69 Å². The molecule has 1 atom stereocenters. The molecule has 0 fully saturated rings. The van der Waals surface area contributed by atoms with Gasteiger partial charge in [0.1, 0.15) is 12.0 Å². The van der Waals surface area contributed by atoms with Crippen LogP contribution in [0.4, 0.5) is 0 Å². The van der Waals surface area contributed by atoms with Crippen molar-refractivity contribution >= 4 is 5.91 Å². The Labute approximate surface area is 112 Å². The lowest BCUT2D eigenvalue weighted by Crippen LogP contribution is -2.30. The molecular formula is C14H18N4O. The van der Waals surface area contributed by atoms with Gasteiger partial charge in [-0.3, -0.25) is 4.79 Å². The lowest BCUT2D eigenvalue weighted by atomic mass is 10.2. The van der Waals surface area contributed by atoms with E-state index in [9.17, 15) is 4.79 Å². The number of H-pyrrole nitrogens is 1. The molecule has 2 rings (SSSR count). The number of rotatable bonds is 4. The second-order valence-corrected chi connectivity index (χ2v) is 4.48. The lowest BCUT2D eigenvalue weighted by Gasteiger charge is -2.23. The number of nitrogens with zero attached hydrogens (tertiary/aromatic N) is 3. The monoisotopic (exact) mass is 258 g/mol. The van der Waals surface area contributed by atoms with Crippen LogP contribution in [0.2, 0.25) is 0 Å². The van der Waals surface area contributed by atoms with Gasteiger partial charge in [-0.2, -0.15) is 0 Å². The zero-order valence-corrected chi connectivity index (χ0v) is 11.4. The van der Waals surface area contributed by atoms with Crippen LogP contribution in [0.3, 0.4) is 0 Å². The summed E-state index contributed by atoms with van der Waals surface area (Å²) in [6.45, 7) is 4.00. The number of hydrogen-bond donors (Lipinski definition) is 1. The highest BCUT2D eigenvalue weighted by Crippen LogP contribution is 2.18. The average molecular weight is 258 g/mol. The fourth-order valence-electron chi connectivity index (χ4n) is 1.88. The molecule has 1 amide bonds. The van der Waals surface area contributed by atoms with E-state index in [1.807, 2.05) is 32.0 Å². The van der Waals surface area contributed by atoms with Gasteiger partial charge in [0, 0.05) is 18.9 Å². The molecule has 0 aromatic carbocycles. The Morgan fingerprint density at radius 1 is 1.42 bits per heavy atom. The molecule has 2 heterocycles. The predicted octanol–water partition coefficient (Wildman–Crippen LogP) is 2.20. The molecule has 0 aliphatic rings. The highest BCUT2D eigenvalue weighted by Gasteiger charge is 2.20. The van der Waals surface area contributed by atoms with Crippen LogP contribution in [0.15, 0.2) is 30.7 Å². The van der Waals surface area contributed by atoms with Gasteiger partial charge in [0.25, 0.3) is 5.91 Å². The van der Waals surface area contributed by atoms with Gasteiger partial charge in [0.05, 0.1) is 11.7 Å². The molecule has 0 spiro atoms. The van der Waals surface area contributed by atoms with E-state index < -0.39 is 0 Å². The maximum atomic E-state index is 12.3. The molecule has 5 nitrogen and oxygen atoms in total. The molecule has 2 aromatic heterocycles. The minimum atomic E-state index is -0.0936. The summed E-state index contributed by atoms with van der Waals surface area (Å²) >= 11 is 0. The first kappa shape index (κ1) is 13.3. The van der Waals surface area contributed by atoms with Crippen molar-refractivity contribution in [2.24, 2.45) is 0 Å². The Balaban J connectivity index is 2.15. The van der Waals surface area contributed by atoms with Crippen LogP contribution >= 0.6 is 0 Å². The van der Waals surface area contributed by atoms with Crippen molar-refractivity contribution in [3.8, 4) is 0 Å². The van der Waals surface area contributed by atoms with Crippen LogP contribution < -0.4 is 0 Å². The summed E-state index contributed by atoms with van der Waals surface area (Å²) in [5.41, 5.74) is 2.50. The molecule has 0 radical (unpaired) electrons. The van der Waals surface area contributed by atoms with Crippen molar-refractivity contribution < 1.29 is 4.79 Å². The SMILES string of the molecule is CCc1ccc(C(=O)N(C)[C@@H](C)c2ccncn2)[nH]1. The third-order valence-corrected chi connectivity index (χ3v) is 3.29. The molecule has 0 aliphatic carbocycles. The smallest absolute Gasteiger partial charge is 0.270 e. The van der Waals surface area contributed by atoms with Gasteiger partial charge < -0.3 is 9.88 Å². The van der Waals surface area contributed by atoms with Crippen LogP contribution in [-0.2, 0) is 6.42 Å². The molecule has 0 saturated carbocycles. The van der Waals surface area contributed by atoms with Crippen LogP contribution in [0.25, 0.3) is 0 Å². The highest BCUT2D eigenvalue weighted by atomic mass is 16.2. The van der Waals surface area contributed by atoms with E-state index in [-0.39, 0.29) is 11.9 Å². The first-order valence-corrected chi connectivity index (χ1v) is 6.34. The summed E-state index contributed by atoms with van der Waals surface area (Å²) in [6.07, 6.45) is 4.06. The zero-order chi connectivity index (χ0) is 13.8. The van der Waals surface area contributed by atoms with Gasteiger partial charge in [0.2, 0.25) is 0 Å². The van der Waals surface area contributed by atoms with E-state index in [0.717, 1.165) is 17.8 Å². The Morgan fingerprint density at radius 3 is 2.79 bits per heavy atom. The van der Waals surface area contributed by atoms with Gasteiger partial charge in [-0.15, -0.1) is 0 Å². The highest BCUT2D eigenvalue weighted by molar-refractivity contribution is 5.92. The summed E-state index contributed by atoms with van der Waals surface area (Å²) in [5.74, 6) is -0.0363. The number of nitrogens with one attached hydrogen (secondary N) is 1. The van der Waals surface area contributed by atoms with Crippen molar-refractivity contribution in [1.29, 1.82) is 0 Å². The van der Waals surface area contributed by atoms with Crippen molar-refractivity contribution in [3.63, 3.8) is 0 Å². The number of aromatic nitrogens is 3. The third kappa shape index (κ3) is 2.81. The topological polar surface area (TPSA) is 61.9 Å². The number of carbonyl (C=O) groups excluding carboxylic acids is 1. The molecule has 100 valence electrons. The van der Waals surface area contributed by atoms with Gasteiger partial charge in [0.15, 0.2) is 0 Å². The largest absolute Gasteiger partial charge is 0.354 e. The first-order valence-electron chi connectivity index (χ1n) is 6.34. The quantitative estimate of drug-likeness (QED) is 0.914. The Hall–Kier alpha value is -2.17. The molecule has 0 unspecified atom stereocenters. The summed E-state index contributed by atoms with van der Waals surface area (Å²) in [5, 5.41) is 0. The van der Waals surface area contributed by atoms with E-state index >= 15 is 0 Å². The summed E-state index contributed by atoms with van der Waals surface area (Å²) < 4.78 is 0. The Morgan fingerprint density at radius 2 is 2.21 bits per heavy atom. The molecule has 2 aromatic rings. The number of carbonyl (C=O) groups is 1. The van der Waals surface area contributed by atoms with Gasteiger partial charge in [-0.05, 0) is 31.5 Å². The standard InChI is InChI=1S/C14H18N4O/c1-4-11-5-6-13(17-11)14(19)18(3)10(2)12-7-8-15-9-16-12/h5-10,17H,4H2,1-3H3/t10-/m0/s1. The summed E-state index contributed by atoms with van der Waals surface area (Å²) in [4.78, 5) is 25.2. The fraction of sp³-hybridized carbons (Fsp3) is 0.357.